The van der Waals surface area contributed by atoms with Crippen molar-refractivity contribution < 1.29 is 24.2 Å². The number of pyridine rings is 1. The number of ether oxygens (including phenoxy) is 1. The van der Waals surface area contributed by atoms with Crippen molar-refractivity contribution in [3.05, 3.63) is 23.5 Å². The molecular formula is C16H20N2O5. The Morgan fingerprint density at radius 3 is 2.52 bits per heavy atom. The number of rotatable bonds is 4. The molecule has 0 aliphatic heterocycles. The molecule has 1 aliphatic carbocycles. The van der Waals surface area contributed by atoms with Crippen LogP contribution in [0.25, 0.3) is 0 Å². The Morgan fingerprint density at radius 2 is 2.00 bits per heavy atom. The van der Waals surface area contributed by atoms with Crippen molar-refractivity contribution >= 4 is 23.5 Å². The third kappa shape index (κ3) is 5.05. The normalized spacial score (nSPS) is 14.2. The van der Waals surface area contributed by atoms with Gasteiger partial charge in [0, 0.05) is 0 Å². The van der Waals surface area contributed by atoms with Crippen molar-refractivity contribution in [3.8, 4) is 0 Å². The van der Waals surface area contributed by atoms with E-state index < -0.39 is 17.5 Å². The molecule has 2 N–H and O–H groups in total. The summed E-state index contributed by atoms with van der Waals surface area (Å²) in [5, 5.41) is 10.9. The van der Waals surface area contributed by atoms with E-state index in [0.717, 1.165) is 18.4 Å². The first-order valence-corrected chi connectivity index (χ1v) is 7.40. The van der Waals surface area contributed by atoms with E-state index in [4.69, 9.17) is 9.84 Å². The Bertz CT molecular complexity index is 644. The predicted molar refractivity (Wildman–Crippen MR) is 82.0 cm³/mol. The standard InChI is InChI=1S/C16H20N2O5/c1-16(2,3)23-13(19)7-12-11(9-4-5-9)6-10(8-17-12)18-14(20)15(21)22/h6,8-9H,4-5,7H2,1-3H3,(H,18,20)(H,21,22). The second kappa shape index (κ2) is 6.36. The van der Waals surface area contributed by atoms with Gasteiger partial charge in [0.05, 0.1) is 24.0 Å². The molecule has 1 heterocycles. The fourth-order valence-corrected chi connectivity index (χ4v) is 2.17. The minimum atomic E-state index is -1.56. The first-order chi connectivity index (χ1) is 10.7. The molecule has 23 heavy (non-hydrogen) atoms. The van der Waals surface area contributed by atoms with Gasteiger partial charge in [-0.1, -0.05) is 0 Å². The number of carboxylic acid groups (broad SMARTS) is 1. The highest BCUT2D eigenvalue weighted by Crippen LogP contribution is 2.42. The van der Waals surface area contributed by atoms with Crippen molar-refractivity contribution in [3.63, 3.8) is 0 Å². The van der Waals surface area contributed by atoms with Crippen LogP contribution in [0.1, 0.15) is 50.8 Å². The number of esters is 1. The van der Waals surface area contributed by atoms with Gasteiger partial charge in [0.25, 0.3) is 0 Å². The second-order valence-electron chi connectivity index (χ2n) is 6.56. The highest BCUT2D eigenvalue weighted by atomic mass is 16.6. The van der Waals surface area contributed by atoms with Gasteiger partial charge in [-0.05, 0) is 51.2 Å². The van der Waals surface area contributed by atoms with E-state index in [1.165, 1.54) is 6.20 Å². The maximum Gasteiger partial charge on any atom is 0.394 e. The molecule has 1 aliphatic rings. The van der Waals surface area contributed by atoms with Crippen LogP contribution in [0.5, 0.6) is 0 Å². The highest BCUT2D eigenvalue weighted by Gasteiger charge is 2.29. The van der Waals surface area contributed by atoms with E-state index in [9.17, 15) is 14.4 Å². The molecule has 0 aromatic carbocycles. The Morgan fingerprint density at radius 1 is 1.35 bits per heavy atom. The van der Waals surface area contributed by atoms with Gasteiger partial charge in [0.15, 0.2) is 0 Å². The molecule has 2 rings (SSSR count). The molecule has 1 aromatic heterocycles. The minimum Gasteiger partial charge on any atom is -0.474 e. The Hall–Kier alpha value is -2.44. The summed E-state index contributed by atoms with van der Waals surface area (Å²) in [6.07, 6.45) is 3.38. The second-order valence-corrected chi connectivity index (χ2v) is 6.56. The number of carboxylic acids is 1. The lowest BCUT2D eigenvalue weighted by Crippen LogP contribution is -2.25. The molecule has 1 aromatic rings. The van der Waals surface area contributed by atoms with Crippen molar-refractivity contribution in [2.45, 2.75) is 51.6 Å². The summed E-state index contributed by atoms with van der Waals surface area (Å²) >= 11 is 0. The van der Waals surface area contributed by atoms with Gasteiger partial charge in [0.2, 0.25) is 0 Å². The first kappa shape index (κ1) is 16.9. The zero-order valence-corrected chi connectivity index (χ0v) is 13.4. The number of nitrogens with one attached hydrogen (secondary N) is 1. The van der Waals surface area contributed by atoms with Gasteiger partial charge >= 0.3 is 17.8 Å². The number of hydrogen-bond donors (Lipinski definition) is 2. The molecule has 1 fully saturated rings. The van der Waals surface area contributed by atoms with Crippen LogP contribution in [0.15, 0.2) is 12.3 Å². The summed E-state index contributed by atoms with van der Waals surface area (Å²) in [7, 11) is 0. The van der Waals surface area contributed by atoms with Crippen LogP contribution in [0.4, 0.5) is 5.69 Å². The molecule has 1 saturated carbocycles. The quantitative estimate of drug-likeness (QED) is 0.648. The fraction of sp³-hybridized carbons (Fsp3) is 0.500. The van der Waals surface area contributed by atoms with Crippen molar-refractivity contribution in [2.75, 3.05) is 5.32 Å². The van der Waals surface area contributed by atoms with Gasteiger partial charge in [-0.25, -0.2) is 4.79 Å². The largest absolute Gasteiger partial charge is 0.474 e. The number of hydrogen-bond acceptors (Lipinski definition) is 5. The van der Waals surface area contributed by atoms with E-state index >= 15 is 0 Å². The van der Waals surface area contributed by atoms with Crippen LogP contribution in [-0.4, -0.2) is 33.5 Å². The summed E-state index contributed by atoms with van der Waals surface area (Å²) in [6, 6.07) is 1.69. The van der Waals surface area contributed by atoms with Crippen LogP contribution in [0, 0.1) is 0 Å². The molecule has 7 nitrogen and oxygen atoms in total. The van der Waals surface area contributed by atoms with Crippen LogP contribution in [0.3, 0.4) is 0 Å². The van der Waals surface area contributed by atoms with E-state index in [2.05, 4.69) is 10.3 Å². The van der Waals surface area contributed by atoms with Gasteiger partial charge in [-0.3, -0.25) is 14.6 Å². The van der Waals surface area contributed by atoms with E-state index in [0.29, 0.717) is 17.3 Å². The lowest BCUT2D eigenvalue weighted by atomic mass is 10.1. The third-order valence-corrected chi connectivity index (χ3v) is 3.20. The lowest BCUT2D eigenvalue weighted by Gasteiger charge is -2.20. The van der Waals surface area contributed by atoms with Crippen LogP contribution in [-0.2, 0) is 25.5 Å². The smallest absolute Gasteiger partial charge is 0.394 e. The monoisotopic (exact) mass is 320 g/mol. The van der Waals surface area contributed by atoms with Crippen molar-refractivity contribution in [1.82, 2.24) is 4.98 Å². The highest BCUT2D eigenvalue weighted by molar-refractivity contribution is 6.36. The lowest BCUT2D eigenvalue weighted by molar-refractivity contribution is -0.154. The average Bonchev–Trinajstić information content (AvgIpc) is 3.22. The number of anilines is 1. The van der Waals surface area contributed by atoms with E-state index in [1.807, 2.05) is 0 Å². The topological polar surface area (TPSA) is 106 Å². The number of aromatic nitrogens is 1. The number of carbonyl (C=O) groups excluding carboxylic acids is 2. The first-order valence-electron chi connectivity index (χ1n) is 7.40. The molecule has 7 heteroatoms. The maximum atomic E-state index is 12.0. The van der Waals surface area contributed by atoms with Crippen molar-refractivity contribution in [2.24, 2.45) is 0 Å². The van der Waals surface area contributed by atoms with Gasteiger partial charge in [-0.15, -0.1) is 0 Å². The zero-order valence-electron chi connectivity index (χ0n) is 13.4. The maximum absolute atomic E-state index is 12.0. The van der Waals surface area contributed by atoms with E-state index in [1.54, 1.807) is 26.8 Å². The molecule has 1 amide bonds. The zero-order chi connectivity index (χ0) is 17.2. The molecule has 0 radical (unpaired) electrons. The van der Waals surface area contributed by atoms with E-state index in [-0.39, 0.29) is 12.4 Å². The van der Waals surface area contributed by atoms with Gasteiger partial charge < -0.3 is 15.2 Å². The molecule has 0 spiro atoms. The summed E-state index contributed by atoms with van der Waals surface area (Å²) in [6.45, 7) is 5.39. The molecule has 124 valence electrons. The number of nitrogens with zero attached hydrogens (tertiary/aromatic N) is 1. The van der Waals surface area contributed by atoms with Crippen LogP contribution < -0.4 is 5.32 Å². The molecule has 0 atom stereocenters. The van der Waals surface area contributed by atoms with Crippen LogP contribution in [0.2, 0.25) is 0 Å². The Balaban J connectivity index is 2.15. The Kier molecular flexibility index (Phi) is 4.68. The van der Waals surface area contributed by atoms with Gasteiger partial charge in [0.1, 0.15) is 5.60 Å². The number of amides is 1. The summed E-state index contributed by atoms with van der Waals surface area (Å²) in [4.78, 5) is 38.0. The molecule has 0 unspecified atom stereocenters. The summed E-state index contributed by atoms with van der Waals surface area (Å²) < 4.78 is 5.30. The van der Waals surface area contributed by atoms with Gasteiger partial charge in [-0.2, -0.15) is 0 Å². The predicted octanol–water partition coefficient (Wildman–Crippen LogP) is 1.87. The number of carbonyl (C=O) groups is 3. The average molecular weight is 320 g/mol. The van der Waals surface area contributed by atoms with Crippen LogP contribution >= 0.6 is 0 Å². The SMILES string of the molecule is CC(C)(C)OC(=O)Cc1ncc(NC(=O)C(=O)O)cc1C1CC1. The molecule has 0 bridgehead atoms. The molecule has 0 saturated heterocycles. The number of aliphatic carboxylic acids is 1. The minimum absolute atomic E-state index is 0.0518. The van der Waals surface area contributed by atoms with Crippen molar-refractivity contribution in [1.29, 1.82) is 0 Å². The summed E-state index contributed by atoms with van der Waals surface area (Å²) in [5.41, 5.74) is 1.22. The third-order valence-electron chi connectivity index (χ3n) is 3.20. The fourth-order valence-electron chi connectivity index (χ4n) is 2.17. The Labute approximate surface area is 134 Å². The molecular weight excluding hydrogens is 300 g/mol. The summed E-state index contributed by atoms with van der Waals surface area (Å²) in [5.74, 6) is -2.75.